The first kappa shape index (κ1) is 14.6. The molecular formula is C18H18N4O2. The van der Waals surface area contributed by atoms with Gasteiger partial charge in [-0.3, -0.25) is 4.79 Å². The van der Waals surface area contributed by atoms with E-state index < -0.39 is 0 Å². The number of imidazole rings is 1. The highest BCUT2D eigenvalue weighted by Crippen LogP contribution is 2.31. The fraction of sp³-hybridized carbons (Fsp3) is 0.222. The summed E-state index contributed by atoms with van der Waals surface area (Å²) in [6, 6.07) is 13.8. The van der Waals surface area contributed by atoms with Crippen LogP contribution in [0.15, 0.2) is 47.3 Å². The smallest absolute Gasteiger partial charge is 0.323 e. The first-order valence-corrected chi connectivity index (χ1v) is 7.96. The average molecular weight is 322 g/mol. The van der Waals surface area contributed by atoms with E-state index in [0.29, 0.717) is 23.8 Å². The summed E-state index contributed by atoms with van der Waals surface area (Å²) in [5.41, 5.74) is 4.23. The number of H-pyrrole nitrogens is 2. The number of aromatic nitrogens is 2. The number of nitrogens with one attached hydrogen (secondary N) is 3. The number of aromatic amines is 2. The Morgan fingerprint density at radius 2 is 2.00 bits per heavy atom. The van der Waals surface area contributed by atoms with Crippen molar-refractivity contribution in [1.29, 1.82) is 0 Å². The first-order chi connectivity index (χ1) is 11.6. The van der Waals surface area contributed by atoms with Crippen molar-refractivity contribution in [3.05, 3.63) is 58.5 Å². The lowest BCUT2D eigenvalue weighted by molar-refractivity contribution is -0.115. The predicted octanol–water partition coefficient (Wildman–Crippen LogP) is 2.25. The van der Waals surface area contributed by atoms with E-state index in [9.17, 15) is 9.59 Å². The molecule has 1 amide bonds. The van der Waals surface area contributed by atoms with Gasteiger partial charge in [-0.15, -0.1) is 0 Å². The van der Waals surface area contributed by atoms with Gasteiger partial charge in [0.15, 0.2) is 0 Å². The van der Waals surface area contributed by atoms with Gasteiger partial charge in [-0.2, -0.15) is 0 Å². The van der Waals surface area contributed by atoms with Crippen LogP contribution in [0.4, 0.5) is 11.4 Å². The molecule has 0 radical (unpaired) electrons. The average Bonchev–Trinajstić information content (AvgIpc) is 3.06. The van der Waals surface area contributed by atoms with Gasteiger partial charge in [-0.1, -0.05) is 18.2 Å². The van der Waals surface area contributed by atoms with Gasteiger partial charge in [0.2, 0.25) is 5.91 Å². The number of carbonyl (C=O) groups excluding carboxylic acids is 1. The number of benzene rings is 2. The minimum atomic E-state index is -0.254. The Morgan fingerprint density at radius 3 is 2.88 bits per heavy atom. The molecule has 2 aromatic carbocycles. The Balaban J connectivity index is 1.51. The Kier molecular flexibility index (Phi) is 3.37. The van der Waals surface area contributed by atoms with E-state index in [4.69, 9.17) is 0 Å². The molecule has 0 aliphatic carbocycles. The molecule has 122 valence electrons. The molecular weight excluding hydrogens is 304 g/mol. The van der Waals surface area contributed by atoms with Gasteiger partial charge < -0.3 is 20.2 Å². The molecule has 0 saturated carbocycles. The number of carbonyl (C=O) groups is 1. The number of para-hydroxylation sites is 1. The second-order valence-electron chi connectivity index (χ2n) is 6.20. The monoisotopic (exact) mass is 322 g/mol. The lowest BCUT2D eigenvalue weighted by atomic mass is 10.1. The second-order valence-corrected chi connectivity index (χ2v) is 6.20. The van der Waals surface area contributed by atoms with Gasteiger partial charge >= 0.3 is 5.69 Å². The van der Waals surface area contributed by atoms with Crippen LogP contribution in [-0.2, 0) is 11.2 Å². The molecule has 1 aliphatic heterocycles. The highest BCUT2D eigenvalue weighted by Gasteiger charge is 2.26. The van der Waals surface area contributed by atoms with Crippen molar-refractivity contribution in [2.24, 2.45) is 0 Å². The van der Waals surface area contributed by atoms with Crippen LogP contribution in [0.3, 0.4) is 0 Å². The zero-order valence-corrected chi connectivity index (χ0v) is 13.3. The highest BCUT2D eigenvalue weighted by atomic mass is 16.2. The zero-order valence-electron chi connectivity index (χ0n) is 13.3. The topological polar surface area (TPSA) is 81.0 Å². The van der Waals surface area contributed by atoms with Gasteiger partial charge in [-0.05, 0) is 43.2 Å². The SMILES string of the molecule is C[C@@H]1Cc2ccccc2N1CC(=O)Nc1ccc2[nH]c(=O)[nH]c2c1. The third-order valence-electron chi connectivity index (χ3n) is 4.46. The van der Waals surface area contributed by atoms with Gasteiger partial charge in [0.25, 0.3) is 0 Å². The van der Waals surface area contributed by atoms with Crippen molar-refractivity contribution in [3.63, 3.8) is 0 Å². The van der Waals surface area contributed by atoms with Crippen molar-refractivity contribution < 1.29 is 4.79 Å². The number of hydrogen-bond acceptors (Lipinski definition) is 3. The molecule has 6 nitrogen and oxygen atoms in total. The number of fused-ring (bicyclic) bond motifs is 2. The van der Waals surface area contributed by atoms with Crippen molar-refractivity contribution in [3.8, 4) is 0 Å². The van der Waals surface area contributed by atoms with Crippen LogP contribution in [0.1, 0.15) is 12.5 Å². The zero-order chi connectivity index (χ0) is 16.7. The summed E-state index contributed by atoms with van der Waals surface area (Å²) < 4.78 is 0. The minimum Gasteiger partial charge on any atom is -0.359 e. The highest BCUT2D eigenvalue weighted by molar-refractivity contribution is 5.96. The third-order valence-corrected chi connectivity index (χ3v) is 4.46. The van der Waals surface area contributed by atoms with Crippen LogP contribution in [0.25, 0.3) is 11.0 Å². The molecule has 0 spiro atoms. The molecule has 1 aromatic heterocycles. The number of amides is 1. The maximum absolute atomic E-state index is 12.4. The molecule has 6 heteroatoms. The molecule has 1 atom stereocenters. The van der Waals surface area contributed by atoms with Crippen molar-refractivity contribution in [2.45, 2.75) is 19.4 Å². The quantitative estimate of drug-likeness (QED) is 0.692. The standard InChI is InChI=1S/C18H18N4O2/c1-11-8-12-4-2-3-5-16(12)22(11)10-17(23)19-13-6-7-14-15(9-13)21-18(24)20-14/h2-7,9,11H,8,10H2,1H3,(H,19,23)(H2,20,21,24)/t11-/m1/s1. The summed E-state index contributed by atoms with van der Waals surface area (Å²) in [6.07, 6.45) is 0.958. The largest absolute Gasteiger partial charge is 0.359 e. The van der Waals surface area contributed by atoms with Gasteiger partial charge in [0.05, 0.1) is 17.6 Å². The number of hydrogen-bond donors (Lipinski definition) is 3. The third kappa shape index (κ3) is 2.56. The van der Waals surface area contributed by atoms with E-state index in [2.05, 4.69) is 39.2 Å². The van der Waals surface area contributed by atoms with Gasteiger partial charge in [-0.25, -0.2) is 4.79 Å². The Hall–Kier alpha value is -3.02. The van der Waals surface area contributed by atoms with Crippen molar-refractivity contribution in [2.75, 3.05) is 16.8 Å². The molecule has 0 fully saturated rings. The Morgan fingerprint density at radius 1 is 1.21 bits per heavy atom. The lowest BCUT2D eigenvalue weighted by Gasteiger charge is -2.24. The first-order valence-electron chi connectivity index (χ1n) is 7.96. The maximum atomic E-state index is 12.4. The normalized spacial score (nSPS) is 16.4. The van der Waals surface area contributed by atoms with E-state index in [0.717, 1.165) is 17.6 Å². The summed E-state index contributed by atoms with van der Waals surface area (Å²) in [7, 11) is 0. The number of rotatable bonds is 3. The van der Waals surface area contributed by atoms with E-state index in [1.807, 2.05) is 12.1 Å². The van der Waals surface area contributed by atoms with E-state index in [-0.39, 0.29) is 11.6 Å². The van der Waals surface area contributed by atoms with Crippen LogP contribution >= 0.6 is 0 Å². The van der Waals surface area contributed by atoms with Crippen molar-refractivity contribution >= 4 is 28.3 Å². The molecule has 3 N–H and O–H groups in total. The van der Waals surface area contributed by atoms with Crippen LogP contribution in [0, 0.1) is 0 Å². The predicted molar refractivity (Wildman–Crippen MR) is 94.5 cm³/mol. The van der Waals surface area contributed by atoms with Gasteiger partial charge in [0.1, 0.15) is 0 Å². The second kappa shape index (κ2) is 5.56. The minimum absolute atomic E-state index is 0.0733. The summed E-state index contributed by atoms with van der Waals surface area (Å²) in [4.78, 5) is 31.2. The molecule has 24 heavy (non-hydrogen) atoms. The lowest BCUT2D eigenvalue weighted by Crippen LogP contribution is -2.37. The number of anilines is 2. The van der Waals surface area contributed by atoms with E-state index in [1.165, 1.54) is 5.56 Å². The fourth-order valence-corrected chi connectivity index (χ4v) is 3.34. The molecule has 2 heterocycles. The Bertz CT molecular complexity index is 972. The molecule has 1 aliphatic rings. The van der Waals surface area contributed by atoms with E-state index >= 15 is 0 Å². The fourth-order valence-electron chi connectivity index (χ4n) is 3.34. The molecule has 0 saturated heterocycles. The molecule has 0 bridgehead atoms. The van der Waals surface area contributed by atoms with Crippen LogP contribution in [0.5, 0.6) is 0 Å². The summed E-state index contributed by atoms with van der Waals surface area (Å²) in [5.74, 6) is -0.0733. The maximum Gasteiger partial charge on any atom is 0.323 e. The molecule has 0 unspecified atom stereocenters. The molecule has 4 rings (SSSR count). The molecule has 3 aromatic rings. The summed E-state index contributed by atoms with van der Waals surface area (Å²) >= 11 is 0. The van der Waals surface area contributed by atoms with Crippen molar-refractivity contribution in [1.82, 2.24) is 9.97 Å². The Labute approximate surface area is 138 Å². The van der Waals surface area contributed by atoms with Crippen LogP contribution in [-0.4, -0.2) is 28.5 Å². The van der Waals surface area contributed by atoms with Gasteiger partial charge in [0, 0.05) is 17.4 Å². The number of nitrogens with zero attached hydrogens (tertiary/aromatic N) is 1. The van der Waals surface area contributed by atoms with Crippen LogP contribution in [0.2, 0.25) is 0 Å². The summed E-state index contributed by atoms with van der Waals surface area (Å²) in [5, 5.41) is 2.91. The van der Waals surface area contributed by atoms with Crippen LogP contribution < -0.4 is 15.9 Å². The summed E-state index contributed by atoms with van der Waals surface area (Å²) in [6.45, 7) is 2.43. The van der Waals surface area contributed by atoms with E-state index in [1.54, 1.807) is 18.2 Å².